The Morgan fingerprint density at radius 2 is 1.17 bits per heavy atom. The highest BCUT2D eigenvalue weighted by molar-refractivity contribution is 5.53. The molecule has 0 heterocycles. The zero-order valence-electron chi connectivity index (χ0n) is 15.1. The molecule has 1 atom stereocenters. The van der Waals surface area contributed by atoms with Crippen LogP contribution in [-0.4, -0.2) is 10.2 Å². The summed E-state index contributed by atoms with van der Waals surface area (Å²) < 4.78 is 0. The summed E-state index contributed by atoms with van der Waals surface area (Å²) in [5.41, 5.74) is 5.86. The number of benzene rings is 2. The van der Waals surface area contributed by atoms with Crippen LogP contribution in [0.15, 0.2) is 24.3 Å². The average Bonchev–Trinajstić information content (AvgIpc) is 2.48. The van der Waals surface area contributed by atoms with Gasteiger partial charge in [0.2, 0.25) is 0 Å². The van der Waals surface area contributed by atoms with Crippen LogP contribution in [-0.2, 0) is 0 Å². The molecule has 1 unspecified atom stereocenters. The Hall–Kier alpha value is -1.96. The molecular formula is C21H28O2. The minimum atomic E-state index is -0.0165. The molecule has 2 heteroatoms. The lowest BCUT2D eigenvalue weighted by Gasteiger charge is -2.27. The van der Waals surface area contributed by atoms with Crippen LogP contribution in [0.4, 0.5) is 0 Å². The fourth-order valence-electron chi connectivity index (χ4n) is 3.48. The summed E-state index contributed by atoms with van der Waals surface area (Å²) in [6.45, 7) is 12.3. The van der Waals surface area contributed by atoms with E-state index in [0.29, 0.717) is 17.4 Å². The highest BCUT2D eigenvalue weighted by atomic mass is 16.3. The van der Waals surface area contributed by atoms with Gasteiger partial charge in [-0.1, -0.05) is 55.7 Å². The zero-order valence-corrected chi connectivity index (χ0v) is 15.1. The lowest BCUT2D eigenvalue weighted by molar-refractivity contribution is 0.417. The van der Waals surface area contributed by atoms with Crippen LogP contribution in [0.2, 0.25) is 0 Å². The summed E-state index contributed by atoms with van der Waals surface area (Å²) in [6, 6.07) is 8.09. The van der Waals surface area contributed by atoms with Gasteiger partial charge in [-0.05, 0) is 44.7 Å². The van der Waals surface area contributed by atoms with E-state index in [1.807, 2.05) is 39.8 Å². The van der Waals surface area contributed by atoms with E-state index in [0.717, 1.165) is 39.8 Å². The van der Waals surface area contributed by atoms with Crippen molar-refractivity contribution >= 4 is 0 Å². The monoisotopic (exact) mass is 312 g/mol. The summed E-state index contributed by atoms with van der Waals surface area (Å²) in [6.07, 6.45) is 0.976. The third-order valence-electron chi connectivity index (χ3n) is 4.83. The molecular weight excluding hydrogens is 284 g/mol. The van der Waals surface area contributed by atoms with Crippen molar-refractivity contribution in [1.29, 1.82) is 0 Å². The normalized spacial score (nSPS) is 12.7. The standard InChI is InChI=1S/C21H28O2/c1-7-14(4)19(17-10-12(2)8-15(5)20(17)22)18-11-13(3)9-16(6)21(18)23/h8-11,14,19,22-23H,7H2,1-6H3. The number of aromatic hydroxyl groups is 2. The molecule has 23 heavy (non-hydrogen) atoms. The SMILES string of the molecule is CCC(C)C(c1cc(C)cc(C)c1O)c1cc(C)cc(C)c1O. The van der Waals surface area contributed by atoms with Gasteiger partial charge in [0.15, 0.2) is 0 Å². The van der Waals surface area contributed by atoms with Crippen molar-refractivity contribution in [2.45, 2.75) is 53.9 Å². The van der Waals surface area contributed by atoms with Gasteiger partial charge < -0.3 is 10.2 Å². The first-order valence-corrected chi connectivity index (χ1v) is 8.36. The van der Waals surface area contributed by atoms with Crippen molar-refractivity contribution in [3.8, 4) is 11.5 Å². The largest absolute Gasteiger partial charge is 0.507 e. The first kappa shape index (κ1) is 17.4. The Morgan fingerprint density at radius 1 is 0.783 bits per heavy atom. The third-order valence-corrected chi connectivity index (χ3v) is 4.83. The first-order chi connectivity index (χ1) is 10.8. The van der Waals surface area contributed by atoms with Crippen molar-refractivity contribution in [3.05, 3.63) is 57.6 Å². The van der Waals surface area contributed by atoms with E-state index in [2.05, 4.69) is 26.0 Å². The maximum absolute atomic E-state index is 10.6. The Balaban J connectivity index is 2.74. The van der Waals surface area contributed by atoms with Gasteiger partial charge in [-0.25, -0.2) is 0 Å². The van der Waals surface area contributed by atoms with E-state index in [1.54, 1.807) is 0 Å². The molecule has 2 N–H and O–H groups in total. The number of hydrogen-bond acceptors (Lipinski definition) is 2. The molecule has 0 bridgehead atoms. The third kappa shape index (κ3) is 3.36. The highest BCUT2D eigenvalue weighted by Gasteiger charge is 2.27. The summed E-state index contributed by atoms with van der Waals surface area (Å²) in [5.74, 6) is 0.991. The predicted octanol–water partition coefficient (Wildman–Crippen LogP) is 5.51. The Labute approximate surface area is 139 Å². The first-order valence-electron chi connectivity index (χ1n) is 8.36. The van der Waals surface area contributed by atoms with Gasteiger partial charge in [-0.3, -0.25) is 0 Å². The number of aryl methyl sites for hydroxylation is 4. The maximum Gasteiger partial charge on any atom is 0.122 e. The van der Waals surface area contributed by atoms with Crippen molar-refractivity contribution in [3.63, 3.8) is 0 Å². The van der Waals surface area contributed by atoms with E-state index in [1.165, 1.54) is 0 Å². The van der Waals surface area contributed by atoms with Crippen LogP contribution in [0.1, 0.15) is 59.6 Å². The number of phenolic OH excluding ortho intramolecular Hbond substituents is 2. The highest BCUT2D eigenvalue weighted by Crippen LogP contribution is 2.44. The van der Waals surface area contributed by atoms with Gasteiger partial charge in [0.25, 0.3) is 0 Å². The van der Waals surface area contributed by atoms with Gasteiger partial charge in [0.05, 0.1) is 0 Å². The second-order valence-corrected chi connectivity index (χ2v) is 6.90. The van der Waals surface area contributed by atoms with Gasteiger partial charge in [-0.2, -0.15) is 0 Å². The van der Waals surface area contributed by atoms with Crippen LogP contribution in [0.25, 0.3) is 0 Å². The van der Waals surface area contributed by atoms with E-state index >= 15 is 0 Å². The average molecular weight is 312 g/mol. The Kier molecular flexibility index (Phi) is 5.03. The lowest BCUT2D eigenvalue weighted by Crippen LogP contribution is -2.13. The molecule has 2 aromatic rings. The summed E-state index contributed by atoms with van der Waals surface area (Å²) in [4.78, 5) is 0. The van der Waals surface area contributed by atoms with Gasteiger partial charge in [0.1, 0.15) is 11.5 Å². The zero-order chi connectivity index (χ0) is 17.3. The maximum atomic E-state index is 10.6. The molecule has 0 saturated carbocycles. The molecule has 124 valence electrons. The number of rotatable bonds is 4. The van der Waals surface area contributed by atoms with Crippen LogP contribution >= 0.6 is 0 Å². The summed E-state index contributed by atoms with van der Waals surface area (Å²) in [7, 11) is 0. The van der Waals surface area contributed by atoms with Crippen molar-refractivity contribution in [1.82, 2.24) is 0 Å². The fourth-order valence-corrected chi connectivity index (χ4v) is 3.48. The molecule has 0 aliphatic carbocycles. The molecule has 2 nitrogen and oxygen atoms in total. The summed E-state index contributed by atoms with van der Waals surface area (Å²) >= 11 is 0. The molecule has 0 aromatic heterocycles. The van der Waals surface area contributed by atoms with Crippen LogP contribution in [0.3, 0.4) is 0 Å². The quantitative estimate of drug-likeness (QED) is 0.781. The smallest absolute Gasteiger partial charge is 0.122 e. The van der Waals surface area contributed by atoms with Crippen LogP contribution < -0.4 is 0 Å². The van der Waals surface area contributed by atoms with Crippen LogP contribution in [0.5, 0.6) is 11.5 Å². The molecule has 2 aromatic carbocycles. The molecule has 0 aliphatic heterocycles. The molecule has 0 fully saturated rings. The number of hydrogen-bond donors (Lipinski definition) is 2. The Bertz CT molecular complexity index is 659. The minimum absolute atomic E-state index is 0.0165. The van der Waals surface area contributed by atoms with Gasteiger partial charge in [0, 0.05) is 17.0 Å². The van der Waals surface area contributed by atoms with Gasteiger partial charge in [-0.15, -0.1) is 0 Å². The lowest BCUT2D eigenvalue weighted by atomic mass is 9.77. The molecule has 0 saturated heterocycles. The molecule has 0 spiro atoms. The predicted molar refractivity (Wildman–Crippen MR) is 96.5 cm³/mol. The summed E-state index contributed by atoms with van der Waals surface area (Å²) in [5, 5.41) is 21.3. The Morgan fingerprint density at radius 3 is 1.52 bits per heavy atom. The van der Waals surface area contributed by atoms with E-state index in [4.69, 9.17) is 0 Å². The van der Waals surface area contributed by atoms with Crippen LogP contribution in [0, 0.1) is 33.6 Å². The second-order valence-electron chi connectivity index (χ2n) is 6.90. The van der Waals surface area contributed by atoms with Gasteiger partial charge >= 0.3 is 0 Å². The molecule has 0 radical (unpaired) electrons. The van der Waals surface area contributed by atoms with E-state index in [-0.39, 0.29) is 5.92 Å². The number of phenols is 2. The fraction of sp³-hybridized carbons (Fsp3) is 0.429. The van der Waals surface area contributed by atoms with E-state index < -0.39 is 0 Å². The second kappa shape index (κ2) is 6.66. The topological polar surface area (TPSA) is 40.5 Å². The van der Waals surface area contributed by atoms with Crippen molar-refractivity contribution in [2.24, 2.45) is 5.92 Å². The van der Waals surface area contributed by atoms with E-state index in [9.17, 15) is 10.2 Å². The minimum Gasteiger partial charge on any atom is -0.507 e. The molecule has 2 rings (SSSR count). The molecule has 0 aliphatic rings. The van der Waals surface area contributed by atoms with Crippen molar-refractivity contribution in [2.75, 3.05) is 0 Å². The van der Waals surface area contributed by atoms with Crippen molar-refractivity contribution < 1.29 is 10.2 Å². The molecule has 0 amide bonds.